The molecule has 0 bridgehead atoms. The second-order valence-electron chi connectivity index (χ2n) is 4.97. The Balaban J connectivity index is 2.53. The van der Waals surface area contributed by atoms with E-state index in [1.54, 1.807) is 4.57 Å². The van der Waals surface area contributed by atoms with Gasteiger partial charge in [0, 0.05) is 17.8 Å². The molecule has 100 valence electrons. The van der Waals surface area contributed by atoms with E-state index in [4.69, 9.17) is 5.73 Å². The Morgan fingerprint density at radius 1 is 1.05 bits per heavy atom. The Labute approximate surface area is 113 Å². The minimum Gasteiger partial charge on any atom is -0.326 e. The zero-order valence-electron chi connectivity index (χ0n) is 11.7. The first-order valence-electron chi connectivity index (χ1n) is 6.49. The fourth-order valence-electron chi connectivity index (χ4n) is 2.32. The highest BCUT2D eigenvalue weighted by Gasteiger charge is 2.08. The van der Waals surface area contributed by atoms with Crippen molar-refractivity contribution in [2.45, 2.75) is 33.9 Å². The van der Waals surface area contributed by atoms with Gasteiger partial charge in [-0.15, -0.1) is 0 Å². The van der Waals surface area contributed by atoms with Crippen molar-refractivity contribution in [2.24, 2.45) is 5.73 Å². The zero-order chi connectivity index (χ0) is 14.0. The van der Waals surface area contributed by atoms with Crippen LogP contribution in [-0.4, -0.2) is 4.57 Å². The first-order chi connectivity index (χ1) is 9.04. The predicted molar refractivity (Wildman–Crippen MR) is 78.3 cm³/mol. The Morgan fingerprint density at radius 3 is 2.26 bits per heavy atom. The molecule has 0 aliphatic carbocycles. The molecule has 3 heteroatoms. The van der Waals surface area contributed by atoms with Crippen LogP contribution in [0.25, 0.3) is 0 Å². The van der Waals surface area contributed by atoms with E-state index in [1.807, 2.05) is 25.1 Å². The number of hydrogen-bond donors (Lipinski definition) is 1. The molecule has 0 saturated heterocycles. The lowest BCUT2D eigenvalue weighted by Gasteiger charge is -2.15. The van der Waals surface area contributed by atoms with Gasteiger partial charge in [-0.25, -0.2) is 0 Å². The van der Waals surface area contributed by atoms with Crippen molar-refractivity contribution in [3.8, 4) is 0 Å². The van der Waals surface area contributed by atoms with Gasteiger partial charge >= 0.3 is 0 Å². The van der Waals surface area contributed by atoms with Gasteiger partial charge in [0.15, 0.2) is 0 Å². The molecule has 0 unspecified atom stereocenters. The maximum absolute atomic E-state index is 12.3. The summed E-state index contributed by atoms with van der Waals surface area (Å²) in [7, 11) is 0. The summed E-state index contributed by atoms with van der Waals surface area (Å²) < 4.78 is 1.80. The van der Waals surface area contributed by atoms with Crippen LogP contribution in [0.5, 0.6) is 0 Å². The van der Waals surface area contributed by atoms with E-state index in [-0.39, 0.29) is 12.1 Å². The van der Waals surface area contributed by atoms with Crippen LogP contribution >= 0.6 is 0 Å². The maximum atomic E-state index is 12.3. The molecule has 2 rings (SSSR count). The SMILES string of the molecule is Cc1cccc(C)c1Cn1c(C)ccc(CN)c1=O. The van der Waals surface area contributed by atoms with Gasteiger partial charge in [-0.3, -0.25) is 4.79 Å². The largest absolute Gasteiger partial charge is 0.326 e. The minimum absolute atomic E-state index is 0.0187. The van der Waals surface area contributed by atoms with Crippen LogP contribution in [0.3, 0.4) is 0 Å². The van der Waals surface area contributed by atoms with Gasteiger partial charge in [0.1, 0.15) is 0 Å². The van der Waals surface area contributed by atoms with Gasteiger partial charge in [0.2, 0.25) is 0 Å². The summed E-state index contributed by atoms with van der Waals surface area (Å²) in [6, 6.07) is 9.97. The molecule has 0 fully saturated rings. The second-order valence-corrected chi connectivity index (χ2v) is 4.97. The van der Waals surface area contributed by atoms with Crippen LogP contribution in [0.1, 0.15) is 27.9 Å². The standard InChI is InChI=1S/C16H20N2O/c1-11-5-4-6-12(2)15(11)10-18-13(3)7-8-14(9-17)16(18)19/h4-8H,9-10,17H2,1-3H3. The molecular formula is C16H20N2O. The average Bonchev–Trinajstić information content (AvgIpc) is 2.37. The molecule has 0 spiro atoms. The van der Waals surface area contributed by atoms with Gasteiger partial charge in [-0.2, -0.15) is 0 Å². The van der Waals surface area contributed by atoms with E-state index >= 15 is 0 Å². The van der Waals surface area contributed by atoms with E-state index in [0.717, 1.165) is 5.69 Å². The number of nitrogens with two attached hydrogens (primary N) is 1. The zero-order valence-corrected chi connectivity index (χ0v) is 11.7. The first-order valence-corrected chi connectivity index (χ1v) is 6.49. The average molecular weight is 256 g/mol. The van der Waals surface area contributed by atoms with Gasteiger partial charge in [-0.05, 0) is 43.5 Å². The molecule has 0 radical (unpaired) electrons. The van der Waals surface area contributed by atoms with Crippen molar-refractivity contribution in [3.05, 3.63) is 68.6 Å². The molecule has 1 aromatic carbocycles. The van der Waals surface area contributed by atoms with Crippen molar-refractivity contribution in [1.82, 2.24) is 4.57 Å². The number of pyridine rings is 1. The van der Waals surface area contributed by atoms with E-state index in [1.165, 1.54) is 16.7 Å². The fourth-order valence-corrected chi connectivity index (χ4v) is 2.32. The Hall–Kier alpha value is -1.87. The molecule has 0 atom stereocenters. The third-order valence-corrected chi connectivity index (χ3v) is 3.65. The lowest BCUT2D eigenvalue weighted by Crippen LogP contribution is -2.27. The lowest BCUT2D eigenvalue weighted by molar-refractivity contribution is 0.710. The van der Waals surface area contributed by atoms with Crippen molar-refractivity contribution >= 4 is 0 Å². The summed E-state index contributed by atoms with van der Waals surface area (Å²) in [6.45, 7) is 7.00. The third-order valence-electron chi connectivity index (χ3n) is 3.65. The molecule has 19 heavy (non-hydrogen) atoms. The van der Waals surface area contributed by atoms with Crippen LogP contribution in [0.2, 0.25) is 0 Å². The number of hydrogen-bond acceptors (Lipinski definition) is 2. The summed E-state index contributed by atoms with van der Waals surface area (Å²) >= 11 is 0. The van der Waals surface area contributed by atoms with Crippen molar-refractivity contribution < 1.29 is 0 Å². The highest BCUT2D eigenvalue weighted by molar-refractivity contribution is 5.34. The van der Waals surface area contributed by atoms with E-state index in [0.29, 0.717) is 12.1 Å². The van der Waals surface area contributed by atoms with Crippen LogP contribution in [0.4, 0.5) is 0 Å². The van der Waals surface area contributed by atoms with E-state index < -0.39 is 0 Å². The molecular weight excluding hydrogens is 236 g/mol. The molecule has 0 aliphatic rings. The van der Waals surface area contributed by atoms with Gasteiger partial charge in [0.25, 0.3) is 5.56 Å². The highest BCUT2D eigenvalue weighted by atomic mass is 16.1. The number of nitrogens with zero attached hydrogens (tertiary/aromatic N) is 1. The maximum Gasteiger partial charge on any atom is 0.255 e. The molecule has 2 N–H and O–H groups in total. The molecule has 0 aliphatic heterocycles. The van der Waals surface area contributed by atoms with Crippen LogP contribution in [0, 0.1) is 20.8 Å². The summed E-state index contributed by atoms with van der Waals surface area (Å²) in [5, 5.41) is 0. The monoisotopic (exact) mass is 256 g/mol. The van der Waals surface area contributed by atoms with Gasteiger partial charge < -0.3 is 10.3 Å². The van der Waals surface area contributed by atoms with E-state index in [9.17, 15) is 4.79 Å². The van der Waals surface area contributed by atoms with Gasteiger partial charge in [-0.1, -0.05) is 24.3 Å². The molecule has 2 aromatic rings. The van der Waals surface area contributed by atoms with Gasteiger partial charge in [0.05, 0.1) is 6.54 Å². The quantitative estimate of drug-likeness (QED) is 0.916. The van der Waals surface area contributed by atoms with Crippen molar-refractivity contribution in [3.63, 3.8) is 0 Å². The van der Waals surface area contributed by atoms with Crippen LogP contribution in [0.15, 0.2) is 35.1 Å². The molecule has 1 heterocycles. The first kappa shape index (κ1) is 13.6. The number of aryl methyl sites for hydroxylation is 3. The Bertz CT molecular complexity index is 636. The molecule has 3 nitrogen and oxygen atoms in total. The molecule has 1 aromatic heterocycles. The van der Waals surface area contributed by atoms with Crippen molar-refractivity contribution in [2.75, 3.05) is 0 Å². The number of aromatic nitrogens is 1. The Morgan fingerprint density at radius 2 is 1.68 bits per heavy atom. The lowest BCUT2D eigenvalue weighted by atomic mass is 10.0. The normalized spacial score (nSPS) is 10.7. The summed E-state index contributed by atoms with van der Waals surface area (Å²) in [5.41, 5.74) is 10.9. The van der Waals surface area contributed by atoms with Crippen LogP contribution < -0.4 is 11.3 Å². The third kappa shape index (κ3) is 2.61. The fraction of sp³-hybridized carbons (Fsp3) is 0.312. The molecule has 0 saturated carbocycles. The highest BCUT2D eigenvalue weighted by Crippen LogP contribution is 2.15. The summed E-state index contributed by atoms with van der Waals surface area (Å²) in [5.74, 6) is 0. The smallest absolute Gasteiger partial charge is 0.255 e. The van der Waals surface area contributed by atoms with Crippen molar-refractivity contribution in [1.29, 1.82) is 0 Å². The predicted octanol–water partition coefficient (Wildman–Crippen LogP) is 2.28. The summed E-state index contributed by atoms with van der Waals surface area (Å²) in [4.78, 5) is 12.3. The molecule has 0 amide bonds. The Kier molecular flexibility index (Phi) is 3.86. The van der Waals surface area contributed by atoms with Crippen LogP contribution in [-0.2, 0) is 13.1 Å². The number of benzene rings is 1. The summed E-state index contributed by atoms with van der Waals surface area (Å²) in [6.07, 6.45) is 0. The number of rotatable bonds is 3. The van der Waals surface area contributed by atoms with E-state index in [2.05, 4.69) is 26.0 Å². The topological polar surface area (TPSA) is 48.0 Å². The minimum atomic E-state index is 0.0187. The second kappa shape index (κ2) is 5.41.